The van der Waals surface area contributed by atoms with Crippen molar-refractivity contribution in [2.24, 2.45) is 11.1 Å². The number of aryl methyl sites for hydroxylation is 2. The summed E-state index contributed by atoms with van der Waals surface area (Å²) < 4.78 is 0. The van der Waals surface area contributed by atoms with Crippen molar-refractivity contribution in [2.75, 3.05) is 0 Å². The molecule has 34 heavy (non-hydrogen) atoms. The van der Waals surface area contributed by atoms with Crippen molar-refractivity contribution in [2.45, 2.75) is 63.8 Å². The Bertz CT molecular complexity index is 1130. The summed E-state index contributed by atoms with van der Waals surface area (Å²) in [4.78, 5) is 27.5. The maximum atomic E-state index is 11.9. The first-order chi connectivity index (χ1) is 16.5. The second-order valence-corrected chi connectivity index (χ2v) is 9.55. The van der Waals surface area contributed by atoms with Crippen LogP contribution in [0.4, 0.5) is 0 Å². The van der Waals surface area contributed by atoms with Crippen LogP contribution in [-0.2, 0) is 4.79 Å². The molecule has 0 amide bonds. The van der Waals surface area contributed by atoms with Crippen LogP contribution in [0, 0.1) is 24.7 Å². The summed E-state index contributed by atoms with van der Waals surface area (Å²) in [5.41, 5.74) is 6.60. The number of carboxylic acid groups (broad SMARTS) is 1. The molecule has 1 heterocycles. The number of aromatic nitrogens is 1. The zero-order valence-corrected chi connectivity index (χ0v) is 19.9. The smallest absolute Gasteiger partial charge is 0.306 e. The van der Waals surface area contributed by atoms with Crippen molar-refractivity contribution in [3.8, 4) is 0 Å². The normalized spacial score (nSPS) is 19.8. The van der Waals surface area contributed by atoms with Gasteiger partial charge in [-0.25, -0.2) is 0 Å². The summed E-state index contributed by atoms with van der Waals surface area (Å²) in [6, 6.07) is 20.4. The van der Waals surface area contributed by atoms with Crippen molar-refractivity contribution in [3.05, 3.63) is 105 Å². The van der Waals surface area contributed by atoms with E-state index in [1.54, 1.807) is 6.20 Å². The predicted octanol–water partition coefficient (Wildman–Crippen LogP) is 7.09. The van der Waals surface area contributed by atoms with E-state index in [9.17, 15) is 14.8 Å². The highest BCUT2D eigenvalue weighted by atomic mass is 16.4. The van der Waals surface area contributed by atoms with Crippen LogP contribution in [0.15, 0.2) is 72.0 Å². The van der Waals surface area contributed by atoms with Gasteiger partial charge in [-0.05, 0) is 91.8 Å². The van der Waals surface area contributed by atoms with Crippen molar-refractivity contribution in [1.82, 2.24) is 4.98 Å². The van der Waals surface area contributed by atoms with E-state index >= 15 is 0 Å². The third-order valence-corrected chi connectivity index (χ3v) is 7.34. The molecule has 0 bridgehead atoms. The Morgan fingerprint density at radius 2 is 1.71 bits per heavy atom. The molecule has 1 N–H and O–H groups in total. The zero-order chi connectivity index (χ0) is 24.1. The summed E-state index contributed by atoms with van der Waals surface area (Å²) in [5, 5.41) is 12.8. The number of rotatable bonds is 8. The second kappa shape index (κ2) is 10.7. The average molecular weight is 457 g/mol. The summed E-state index contributed by atoms with van der Waals surface area (Å²) >= 11 is 0. The third kappa shape index (κ3) is 5.41. The van der Waals surface area contributed by atoms with Gasteiger partial charge in [-0.2, -0.15) is 4.91 Å². The molecule has 1 aliphatic carbocycles. The topological polar surface area (TPSA) is 79.6 Å². The van der Waals surface area contributed by atoms with E-state index in [0.717, 1.165) is 42.5 Å². The van der Waals surface area contributed by atoms with Gasteiger partial charge in [0.15, 0.2) is 0 Å². The maximum absolute atomic E-state index is 11.9. The Kier molecular flexibility index (Phi) is 7.51. The van der Waals surface area contributed by atoms with Crippen LogP contribution in [0.25, 0.3) is 0 Å². The molecule has 2 aromatic carbocycles. The third-order valence-electron chi connectivity index (χ3n) is 7.34. The molecular formula is C29H32N2O3. The van der Waals surface area contributed by atoms with Crippen LogP contribution in [0.5, 0.6) is 0 Å². The van der Waals surface area contributed by atoms with E-state index in [-0.39, 0.29) is 11.8 Å². The van der Waals surface area contributed by atoms with Crippen LogP contribution in [0.2, 0.25) is 0 Å². The summed E-state index contributed by atoms with van der Waals surface area (Å²) in [6.07, 6.45) is 5.63. The molecule has 1 fully saturated rings. The highest BCUT2D eigenvalue weighted by Crippen LogP contribution is 2.39. The van der Waals surface area contributed by atoms with Crippen LogP contribution in [0.3, 0.4) is 0 Å². The first-order valence-electron chi connectivity index (χ1n) is 12.1. The highest BCUT2D eigenvalue weighted by Gasteiger charge is 2.27. The zero-order valence-electron chi connectivity index (χ0n) is 19.9. The van der Waals surface area contributed by atoms with E-state index in [1.807, 2.05) is 31.2 Å². The fraction of sp³-hybridized carbons (Fsp3) is 0.379. The minimum absolute atomic E-state index is 0.0363. The van der Waals surface area contributed by atoms with Crippen LogP contribution >= 0.6 is 0 Å². The molecule has 5 heteroatoms. The molecule has 2 unspecified atom stereocenters. The SMILES string of the molecule is Cc1cc(C(CC(c2ccc(C3CCC(C(=O)O)CC3)cc2)c2ccccc2C)N=O)ccn1. The van der Waals surface area contributed by atoms with Gasteiger partial charge in [0.2, 0.25) is 0 Å². The lowest BCUT2D eigenvalue weighted by atomic mass is 9.77. The van der Waals surface area contributed by atoms with Gasteiger partial charge in [-0.1, -0.05) is 53.7 Å². The lowest BCUT2D eigenvalue weighted by Gasteiger charge is -2.27. The number of benzene rings is 2. The largest absolute Gasteiger partial charge is 0.481 e. The van der Waals surface area contributed by atoms with Crippen molar-refractivity contribution in [1.29, 1.82) is 0 Å². The van der Waals surface area contributed by atoms with Gasteiger partial charge in [0.25, 0.3) is 0 Å². The van der Waals surface area contributed by atoms with Gasteiger partial charge in [-0.15, -0.1) is 0 Å². The van der Waals surface area contributed by atoms with Gasteiger partial charge in [-0.3, -0.25) is 9.78 Å². The molecule has 3 aromatic rings. The maximum Gasteiger partial charge on any atom is 0.306 e. The minimum Gasteiger partial charge on any atom is -0.481 e. The van der Waals surface area contributed by atoms with Gasteiger partial charge < -0.3 is 5.11 Å². The van der Waals surface area contributed by atoms with Crippen molar-refractivity contribution < 1.29 is 9.90 Å². The molecule has 0 radical (unpaired) electrons. The molecule has 4 rings (SSSR count). The van der Waals surface area contributed by atoms with E-state index in [4.69, 9.17) is 0 Å². The predicted molar refractivity (Wildman–Crippen MR) is 134 cm³/mol. The Morgan fingerprint density at radius 1 is 1.00 bits per heavy atom. The highest BCUT2D eigenvalue weighted by molar-refractivity contribution is 5.70. The lowest BCUT2D eigenvalue weighted by molar-refractivity contribution is -0.142. The quantitative estimate of drug-likeness (QED) is 0.367. The Hall–Kier alpha value is -3.34. The monoisotopic (exact) mass is 456 g/mol. The summed E-state index contributed by atoms with van der Waals surface area (Å²) in [5.74, 6) is -0.428. The standard InChI is InChI=1S/C29H32N2O3/c1-19-5-3-4-6-26(19)27(18-28(31-34)25-15-16-30-20(2)17-25)23-11-7-21(8-12-23)22-9-13-24(14-10-22)29(32)33/h3-8,11-12,15-17,22,24,27-28H,9-10,13-14,18H2,1-2H3,(H,32,33). The molecular weight excluding hydrogens is 424 g/mol. The van der Waals surface area contributed by atoms with E-state index in [2.05, 4.69) is 53.5 Å². The molecule has 1 aromatic heterocycles. The van der Waals surface area contributed by atoms with E-state index in [1.165, 1.54) is 16.7 Å². The van der Waals surface area contributed by atoms with Crippen LogP contribution in [-0.4, -0.2) is 16.1 Å². The fourth-order valence-electron chi connectivity index (χ4n) is 5.33. The van der Waals surface area contributed by atoms with Gasteiger partial charge >= 0.3 is 5.97 Å². The van der Waals surface area contributed by atoms with E-state index < -0.39 is 12.0 Å². The number of hydrogen-bond donors (Lipinski definition) is 1. The first kappa shape index (κ1) is 23.8. The molecule has 1 aliphatic rings. The van der Waals surface area contributed by atoms with Crippen LogP contribution < -0.4 is 0 Å². The van der Waals surface area contributed by atoms with Crippen molar-refractivity contribution >= 4 is 5.97 Å². The Labute approximate surface area is 201 Å². The molecule has 1 saturated carbocycles. The molecule has 0 saturated heterocycles. The van der Waals surface area contributed by atoms with Crippen LogP contribution in [0.1, 0.15) is 83.5 Å². The number of nitrogens with zero attached hydrogens (tertiary/aromatic N) is 2. The average Bonchev–Trinajstić information content (AvgIpc) is 2.86. The number of nitroso groups, excluding NO2 is 1. The second-order valence-electron chi connectivity index (χ2n) is 9.55. The number of hydrogen-bond acceptors (Lipinski definition) is 4. The fourth-order valence-corrected chi connectivity index (χ4v) is 5.33. The summed E-state index contributed by atoms with van der Waals surface area (Å²) in [7, 11) is 0. The Morgan fingerprint density at radius 3 is 2.32 bits per heavy atom. The summed E-state index contributed by atoms with van der Waals surface area (Å²) in [6.45, 7) is 4.03. The number of aliphatic carboxylic acids is 1. The molecule has 5 nitrogen and oxygen atoms in total. The number of pyridine rings is 1. The van der Waals surface area contributed by atoms with Gasteiger partial charge in [0.1, 0.15) is 6.04 Å². The lowest BCUT2D eigenvalue weighted by Crippen LogP contribution is -2.20. The number of carbonyl (C=O) groups is 1. The van der Waals surface area contributed by atoms with Gasteiger partial charge in [0.05, 0.1) is 5.92 Å². The van der Waals surface area contributed by atoms with Gasteiger partial charge in [0, 0.05) is 17.8 Å². The minimum atomic E-state index is -0.669. The van der Waals surface area contributed by atoms with E-state index in [0.29, 0.717) is 12.3 Å². The molecule has 176 valence electrons. The number of carboxylic acids is 1. The van der Waals surface area contributed by atoms with Crippen molar-refractivity contribution in [3.63, 3.8) is 0 Å². The Balaban J connectivity index is 1.60. The molecule has 0 aliphatic heterocycles. The molecule has 2 atom stereocenters. The first-order valence-corrected chi connectivity index (χ1v) is 12.1. The molecule has 0 spiro atoms.